The first-order chi connectivity index (χ1) is 17.0. The monoisotopic (exact) mass is 479 g/mol. The van der Waals surface area contributed by atoms with Crippen LogP contribution in [0.15, 0.2) is 72.9 Å². The molecule has 0 bridgehead atoms. The smallest absolute Gasteiger partial charge is 0.407 e. The predicted molar refractivity (Wildman–Crippen MR) is 135 cm³/mol. The number of ether oxygens (including phenoxy) is 4. The third kappa shape index (κ3) is 9.17. The first-order valence-electron chi connectivity index (χ1n) is 11.5. The Balaban J connectivity index is 1.44. The van der Waals surface area contributed by atoms with Gasteiger partial charge >= 0.3 is 6.09 Å². The number of methoxy groups -OCH3 is 1. The molecule has 0 aliphatic heterocycles. The number of benzene rings is 2. The maximum atomic E-state index is 12.1. The first kappa shape index (κ1) is 25.8. The average Bonchev–Trinajstić information content (AvgIpc) is 2.89. The van der Waals surface area contributed by atoms with Gasteiger partial charge in [0.25, 0.3) is 0 Å². The minimum Gasteiger partial charge on any atom is -0.497 e. The summed E-state index contributed by atoms with van der Waals surface area (Å²) in [5.41, 5.74) is 3.15. The number of alkyl carbamates (subject to hydrolysis) is 1. The fourth-order valence-corrected chi connectivity index (χ4v) is 3.33. The van der Waals surface area contributed by atoms with Gasteiger partial charge in [0.2, 0.25) is 5.88 Å². The number of rotatable bonds is 13. The van der Waals surface area contributed by atoms with Gasteiger partial charge in [-0.3, -0.25) is 0 Å². The van der Waals surface area contributed by atoms with Crippen LogP contribution in [0.5, 0.6) is 11.6 Å². The van der Waals surface area contributed by atoms with E-state index in [4.69, 9.17) is 18.9 Å². The van der Waals surface area contributed by atoms with E-state index in [0.717, 1.165) is 22.6 Å². The SMILES string of the molecule is COc1cccc(CC(COc2ccccn2)OCCOC(=O)NCc2ccc(N(C)C)cc2)c1. The number of pyridine rings is 1. The van der Waals surface area contributed by atoms with Crippen LogP contribution in [0, 0.1) is 0 Å². The molecule has 1 N–H and O–H groups in total. The van der Waals surface area contributed by atoms with Gasteiger partial charge in [0.05, 0.1) is 19.8 Å². The maximum Gasteiger partial charge on any atom is 0.407 e. The van der Waals surface area contributed by atoms with Gasteiger partial charge < -0.3 is 29.2 Å². The van der Waals surface area contributed by atoms with E-state index >= 15 is 0 Å². The van der Waals surface area contributed by atoms with E-state index in [1.807, 2.05) is 79.7 Å². The van der Waals surface area contributed by atoms with Crippen LogP contribution >= 0.6 is 0 Å². The zero-order valence-corrected chi connectivity index (χ0v) is 20.5. The van der Waals surface area contributed by atoms with Crippen LogP contribution in [-0.4, -0.2) is 58.2 Å². The van der Waals surface area contributed by atoms with Crippen molar-refractivity contribution in [3.8, 4) is 11.6 Å². The second kappa shape index (κ2) is 13.8. The summed E-state index contributed by atoms with van der Waals surface area (Å²) in [6.45, 7) is 1.07. The molecule has 1 heterocycles. The molecule has 8 heteroatoms. The van der Waals surface area contributed by atoms with E-state index in [1.54, 1.807) is 19.4 Å². The molecular formula is C27H33N3O5. The van der Waals surface area contributed by atoms with Crippen molar-refractivity contribution >= 4 is 11.8 Å². The highest BCUT2D eigenvalue weighted by molar-refractivity contribution is 5.67. The van der Waals surface area contributed by atoms with Crippen molar-refractivity contribution in [2.75, 3.05) is 45.9 Å². The van der Waals surface area contributed by atoms with Crippen LogP contribution in [0.3, 0.4) is 0 Å². The topological polar surface area (TPSA) is 82.1 Å². The molecule has 1 atom stereocenters. The van der Waals surface area contributed by atoms with Crippen molar-refractivity contribution in [1.29, 1.82) is 0 Å². The number of hydrogen-bond acceptors (Lipinski definition) is 7. The van der Waals surface area contributed by atoms with Gasteiger partial charge in [-0.2, -0.15) is 0 Å². The normalized spacial score (nSPS) is 11.4. The molecule has 0 aliphatic rings. The summed E-state index contributed by atoms with van der Waals surface area (Å²) in [5.74, 6) is 1.31. The van der Waals surface area contributed by atoms with Crippen LogP contribution in [0.4, 0.5) is 10.5 Å². The van der Waals surface area contributed by atoms with Crippen LogP contribution < -0.4 is 19.7 Å². The zero-order valence-electron chi connectivity index (χ0n) is 20.5. The van der Waals surface area contributed by atoms with Gasteiger partial charge in [0.15, 0.2) is 0 Å². The summed E-state index contributed by atoms with van der Waals surface area (Å²) < 4.78 is 22.4. The molecule has 8 nitrogen and oxygen atoms in total. The Bertz CT molecular complexity index is 1030. The Morgan fingerprint density at radius 2 is 1.83 bits per heavy atom. The number of carbonyl (C=O) groups excluding carboxylic acids is 1. The molecule has 186 valence electrons. The summed E-state index contributed by atoms with van der Waals surface area (Å²) in [6, 6.07) is 21.3. The lowest BCUT2D eigenvalue weighted by molar-refractivity contribution is -0.00171. The maximum absolute atomic E-state index is 12.1. The lowest BCUT2D eigenvalue weighted by Crippen LogP contribution is -2.28. The molecule has 1 unspecified atom stereocenters. The lowest BCUT2D eigenvalue weighted by Gasteiger charge is -2.19. The number of aromatic nitrogens is 1. The summed E-state index contributed by atoms with van der Waals surface area (Å²) in [5, 5.41) is 2.76. The summed E-state index contributed by atoms with van der Waals surface area (Å²) in [6.07, 6.45) is 1.54. The first-order valence-corrected chi connectivity index (χ1v) is 11.5. The number of nitrogens with zero attached hydrogens (tertiary/aromatic N) is 2. The Morgan fingerprint density at radius 1 is 1.00 bits per heavy atom. The van der Waals surface area contributed by atoms with Crippen molar-refractivity contribution < 1.29 is 23.7 Å². The fraction of sp³-hybridized carbons (Fsp3) is 0.333. The molecule has 1 aromatic heterocycles. The molecule has 3 rings (SSSR count). The molecule has 1 amide bonds. The van der Waals surface area contributed by atoms with Crippen molar-refractivity contribution in [3.63, 3.8) is 0 Å². The van der Waals surface area contributed by atoms with Crippen molar-refractivity contribution in [3.05, 3.63) is 84.1 Å². The number of anilines is 1. The molecule has 0 radical (unpaired) electrons. The van der Waals surface area contributed by atoms with E-state index in [9.17, 15) is 4.79 Å². The van der Waals surface area contributed by atoms with Gasteiger partial charge in [-0.15, -0.1) is 0 Å². The molecule has 0 aliphatic carbocycles. The average molecular weight is 480 g/mol. The Labute approximate surface area is 206 Å². The molecular weight excluding hydrogens is 446 g/mol. The Hall–Kier alpha value is -3.78. The highest BCUT2D eigenvalue weighted by atomic mass is 16.6. The number of amides is 1. The quantitative estimate of drug-likeness (QED) is 0.370. The predicted octanol–water partition coefficient (Wildman–Crippen LogP) is 4.09. The standard InChI is InChI=1S/C27H33N3O5/c1-30(2)23-12-10-21(11-13-23)19-29-27(31)34-16-15-33-25(20-35-26-9-4-5-14-28-26)18-22-7-6-8-24(17-22)32-3/h4-14,17,25H,15-16,18-20H2,1-3H3,(H,29,31). The minimum atomic E-state index is -0.487. The minimum absolute atomic E-state index is 0.129. The lowest BCUT2D eigenvalue weighted by atomic mass is 10.1. The number of nitrogens with one attached hydrogen (secondary N) is 1. The van der Waals surface area contributed by atoms with E-state index in [0.29, 0.717) is 25.5 Å². The molecule has 0 saturated carbocycles. The summed E-state index contributed by atoms with van der Waals surface area (Å²) >= 11 is 0. The van der Waals surface area contributed by atoms with Crippen LogP contribution in [-0.2, 0) is 22.4 Å². The Kier molecular flexibility index (Phi) is 10.2. The van der Waals surface area contributed by atoms with Crippen LogP contribution in [0.1, 0.15) is 11.1 Å². The number of carbonyl (C=O) groups is 1. The van der Waals surface area contributed by atoms with Crippen molar-refractivity contribution in [2.45, 2.75) is 19.1 Å². The molecule has 0 saturated heterocycles. The molecule has 0 spiro atoms. The van der Waals surface area contributed by atoms with Gasteiger partial charge in [0.1, 0.15) is 19.0 Å². The summed E-state index contributed by atoms with van der Waals surface area (Å²) in [7, 11) is 5.61. The van der Waals surface area contributed by atoms with E-state index in [1.165, 1.54) is 0 Å². The molecule has 0 fully saturated rings. The van der Waals surface area contributed by atoms with Crippen LogP contribution in [0.2, 0.25) is 0 Å². The highest BCUT2D eigenvalue weighted by Gasteiger charge is 2.13. The molecule has 3 aromatic rings. The van der Waals surface area contributed by atoms with Gasteiger partial charge in [-0.05, 0) is 41.5 Å². The van der Waals surface area contributed by atoms with Crippen LogP contribution in [0.25, 0.3) is 0 Å². The van der Waals surface area contributed by atoms with Gasteiger partial charge in [0, 0.05) is 45.0 Å². The second-order valence-corrected chi connectivity index (χ2v) is 8.08. The molecule has 2 aromatic carbocycles. The van der Waals surface area contributed by atoms with Crippen molar-refractivity contribution in [2.24, 2.45) is 0 Å². The largest absolute Gasteiger partial charge is 0.497 e. The third-order valence-corrected chi connectivity index (χ3v) is 5.21. The third-order valence-electron chi connectivity index (χ3n) is 5.21. The van der Waals surface area contributed by atoms with E-state index in [2.05, 4.69) is 10.3 Å². The van der Waals surface area contributed by atoms with Gasteiger partial charge in [-0.25, -0.2) is 9.78 Å². The fourth-order valence-electron chi connectivity index (χ4n) is 3.33. The summed E-state index contributed by atoms with van der Waals surface area (Å²) in [4.78, 5) is 18.3. The second-order valence-electron chi connectivity index (χ2n) is 8.08. The van der Waals surface area contributed by atoms with E-state index in [-0.39, 0.29) is 19.3 Å². The zero-order chi connectivity index (χ0) is 24.9. The van der Waals surface area contributed by atoms with E-state index < -0.39 is 6.09 Å². The highest BCUT2D eigenvalue weighted by Crippen LogP contribution is 2.16. The molecule has 35 heavy (non-hydrogen) atoms. The number of hydrogen-bond donors (Lipinski definition) is 1. The Morgan fingerprint density at radius 3 is 2.54 bits per heavy atom. The van der Waals surface area contributed by atoms with Crippen molar-refractivity contribution in [1.82, 2.24) is 10.3 Å². The van der Waals surface area contributed by atoms with Gasteiger partial charge in [-0.1, -0.05) is 30.3 Å².